The van der Waals surface area contributed by atoms with Gasteiger partial charge in [-0.15, -0.1) is 23.4 Å². The lowest BCUT2D eigenvalue weighted by molar-refractivity contribution is 0.324. The van der Waals surface area contributed by atoms with Crippen molar-refractivity contribution in [2.75, 3.05) is 25.4 Å². The normalized spacial score (nSPS) is 11.0. The van der Waals surface area contributed by atoms with Crippen LogP contribution in [0.1, 0.15) is 19.4 Å². The molecular weight excluding hydrogens is 238 g/mol. The Labute approximate surface area is 108 Å². The number of hydrogen-bond acceptors (Lipinski definition) is 2. The van der Waals surface area contributed by atoms with Crippen molar-refractivity contribution in [3.05, 3.63) is 29.8 Å². The van der Waals surface area contributed by atoms with Gasteiger partial charge >= 0.3 is 0 Å². The summed E-state index contributed by atoms with van der Waals surface area (Å²) in [6.07, 6.45) is 0. The average Bonchev–Trinajstić information content (AvgIpc) is 2.35. The van der Waals surface area contributed by atoms with Crippen LogP contribution in [0.2, 0.25) is 0 Å². The fourth-order valence-electron chi connectivity index (χ4n) is 1.51. The molecule has 0 aliphatic carbocycles. The first-order chi connectivity index (χ1) is 7.80. The number of nitrogens with zero attached hydrogens (tertiary/aromatic N) is 1. The molecule has 0 aliphatic heterocycles. The molecule has 0 atom stereocenters. The van der Waals surface area contributed by atoms with Crippen LogP contribution in [0.15, 0.2) is 29.2 Å². The van der Waals surface area contributed by atoms with Gasteiger partial charge in [0.2, 0.25) is 0 Å². The zero-order chi connectivity index (χ0) is 11.8. The van der Waals surface area contributed by atoms with Gasteiger partial charge in [0, 0.05) is 23.1 Å². The van der Waals surface area contributed by atoms with Crippen LogP contribution in [0.4, 0.5) is 0 Å². The molecule has 1 aromatic carbocycles. The number of halogens is 1. The third-order valence-corrected chi connectivity index (χ3v) is 3.95. The predicted octanol–water partition coefficient (Wildman–Crippen LogP) is 3.86. The molecule has 1 rings (SSSR count). The van der Waals surface area contributed by atoms with Crippen molar-refractivity contribution < 1.29 is 0 Å². The number of hydrogen-bond donors (Lipinski definition) is 0. The van der Waals surface area contributed by atoms with Crippen LogP contribution in [0.25, 0.3) is 0 Å². The third-order valence-electron chi connectivity index (χ3n) is 2.65. The molecule has 0 heterocycles. The molecule has 0 saturated carbocycles. The molecular formula is C13H20ClNS. The van der Waals surface area contributed by atoms with Crippen molar-refractivity contribution in [3.63, 3.8) is 0 Å². The fraction of sp³-hybridized carbons (Fsp3) is 0.538. The van der Waals surface area contributed by atoms with Crippen molar-refractivity contribution in [2.45, 2.75) is 24.6 Å². The van der Waals surface area contributed by atoms with E-state index in [-0.39, 0.29) is 0 Å². The summed E-state index contributed by atoms with van der Waals surface area (Å²) in [7, 11) is 0. The van der Waals surface area contributed by atoms with Crippen molar-refractivity contribution >= 4 is 23.4 Å². The number of benzene rings is 1. The molecule has 16 heavy (non-hydrogen) atoms. The number of thioether (sulfide) groups is 1. The minimum atomic E-state index is 0.602. The summed E-state index contributed by atoms with van der Waals surface area (Å²) in [5.74, 6) is 1.76. The van der Waals surface area contributed by atoms with E-state index in [9.17, 15) is 0 Å². The van der Waals surface area contributed by atoms with Crippen molar-refractivity contribution in [3.8, 4) is 0 Å². The Bertz CT molecular complexity index is 282. The zero-order valence-corrected chi connectivity index (χ0v) is 11.7. The second-order valence-corrected chi connectivity index (χ2v) is 5.09. The van der Waals surface area contributed by atoms with E-state index in [2.05, 4.69) is 43.0 Å². The molecule has 0 radical (unpaired) electrons. The van der Waals surface area contributed by atoms with Crippen LogP contribution in [-0.2, 0) is 5.88 Å². The van der Waals surface area contributed by atoms with E-state index >= 15 is 0 Å². The molecule has 0 amide bonds. The van der Waals surface area contributed by atoms with E-state index in [1.807, 2.05) is 11.8 Å². The molecule has 0 aromatic heterocycles. The molecule has 0 unspecified atom stereocenters. The molecule has 0 bridgehead atoms. The molecule has 0 fully saturated rings. The van der Waals surface area contributed by atoms with Crippen LogP contribution in [0, 0.1) is 0 Å². The smallest absolute Gasteiger partial charge is 0.0474 e. The maximum atomic E-state index is 5.75. The summed E-state index contributed by atoms with van der Waals surface area (Å²) >= 11 is 7.66. The Hall–Kier alpha value is -0.180. The minimum Gasteiger partial charge on any atom is -0.303 e. The highest BCUT2D eigenvalue weighted by Crippen LogP contribution is 2.19. The number of rotatable bonds is 7. The van der Waals surface area contributed by atoms with E-state index < -0.39 is 0 Å². The Kier molecular flexibility index (Phi) is 6.93. The van der Waals surface area contributed by atoms with Crippen LogP contribution in [0.5, 0.6) is 0 Å². The maximum absolute atomic E-state index is 5.75. The molecule has 1 aromatic rings. The second kappa shape index (κ2) is 7.99. The zero-order valence-electron chi connectivity index (χ0n) is 10.1. The lowest BCUT2D eigenvalue weighted by atomic mass is 10.2. The topological polar surface area (TPSA) is 3.24 Å². The Balaban J connectivity index is 2.31. The highest BCUT2D eigenvalue weighted by atomic mass is 35.5. The molecule has 3 heteroatoms. The van der Waals surface area contributed by atoms with Gasteiger partial charge in [-0.2, -0.15) is 0 Å². The van der Waals surface area contributed by atoms with Crippen LogP contribution in [0.3, 0.4) is 0 Å². The SMILES string of the molecule is CCN(CC)CCSc1ccc(CCl)cc1. The average molecular weight is 258 g/mol. The summed E-state index contributed by atoms with van der Waals surface area (Å²) in [5, 5.41) is 0. The first kappa shape index (κ1) is 13.9. The second-order valence-electron chi connectivity index (χ2n) is 3.65. The minimum absolute atomic E-state index is 0.602. The van der Waals surface area contributed by atoms with Gasteiger partial charge in [0.15, 0.2) is 0 Å². The van der Waals surface area contributed by atoms with Gasteiger partial charge in [-0.1, -0.05) is 26.0 Å². The summed E-state index contributed by atoms with van der Waals surface area (Å²) in [6.45, 7) is 7.87. The summed E-state index contributed by atoms with van der Waals surface area (Å²) in [6, 6.07) is 8.52. The largest absolute Gasteiger partial charge is 0.303 e. The molecule has 0 saturated heterocycles. The first-order valence-corrected chi connectivity index (χ1v) is 7.32. The van der Waals surface area contributed by atoms with Crippen molar-refractivity contribution in [2.24, 2.45) is 0 Å². The number of alkyl halides is 1. The maximum Gasteiger partial charge on any atom is 0.0474 e. The van der Waals surface area contributed by atoms with E-state index in [0.29, 0.717) is 5.88 Å². The van der Waals surface area contributed by atoms with Gasteiger partial charge in [-0.05, 0) is 30.8 Å². The summed E-state index contributed by atoms with van der Waals surface area (Å²) in [4.78, 5) is 3.78. The van der Waals surface area contributed by atoms with Crippen LogP contribution < -0.4 is 0 Å². The molecule has 0 aliphatic rings. The van der Waals surface area contributed by atoms with Crippen LogP contribution in [-0.4, -0.2) is 30.3 Å². The standard InChI is InChI=1S/C13H20ClNS/c1-3-15(4-2)9-10-16-13-7-5-12(11-14)6-8-13/h5-8H,3-4,9-11H2,1-2H3. The lowest BCUT2D eigenvalue weighted by Crippen LogP contribution is -2.25. The van der Waals surface area contributed by atoms with E-state index in [1.54, 1.807) is 0 Å². The molecule has 90 valence electrons. The van der Waals surface area contributed by atoms with Gasteiger partial charge in [0.1, 0.15) is 0 Å². The predicted molar refractivity (Wildman–Crippen MR) is 74.5 cm³/mol. The van der Waals surface area contributed by atoms with Crippen molar-refractivity contribution in [1.82, 2.24) is 4.90 Å². The quantitative estimate of drug-likeness (QED) is 0.539. The highest BCUT2D eigenvalue weighted by molar-refractivity contribution is 7.99. The van der Waals surface area contributed by atoms with E-state index in [1.165, 1.54) is 10.5 Å². The monoisotopic (exact) mass is 257 g/mol. The Morgan fingerprint density at radius 2 is 1.75 bits per heavy atom. The fourth-order valence-corrected chi connectivity index (χ4v) is 2.60. The van der Waals surface area contributed by atoms with E-state index in [0.717, 1.165) is 25.4 Å². The molecule has 1 nitrogen and oxygen atoms in total. The van der Waals surface area contributed by atoms with Crippen LogP contribution >= 0.6 is 23.4 Å². The van der Waals surface area contributed by atoms with Gasteiger partial charge in [-0.25, -0.2) is 0 Å². The van der Waals surface area contributed by atoms with Gasteiger partial charge in [-0.3, -0.25) is 0 Å². The Morgan fingerprint density at radius 3 is 2.25 bits per heavy atom. The summed E-state index contributed by atoms with van der Waals surface area (Å²) < 4.78 is 0. The van der Waals surface area contributed by atoms with E-state index in [4.69, 9.17) is 11.6 Å². The first-order valence-electron chi connectivity index (χ1n) is 5.80. The summed E-state index contributed by atoms with van der Waals surface area (Å²) in [5.41, 5.74) is 1.19. The highest BCUT2D eigenvalue weighted by Gasteiger charge is 1.99. The molecule has 0 N–H and O–H groups in total. The van der Waals surface area contributed by atoms with Gasteiger partial charge in [0.25, 0.3) is 0 Å². The Morgan fingerprint density at radius 1 is 1.12 bits per heavy atom. The third kappa shape index (κ3) is 4.77. The lowest BCUT2D eigenvalue weighted by Gasteiger charge is -2.17. The van der Waals surface area contributed by atoms with Gasteiger partial charge in [0.05, 0.1) is 0 Å². The van der Waals surface area contributed by atoms with Crippen molar-refractivity contribution in [1.29, 1.82) is 0 Å². The van der Waals surface area contributed by atoms with Gasteiger partial charge < -0.3 is 4.90 Å². The molecule has 0 spiro atoms.